The lowest BCUT2D eigenvalue weighted by atomic mass is 9.83. The number of rotatable bonds is 9. The summed E-state index contributed by atoms with van der Waals surface area (Å²) in [5.74, 6) is -4.54. The molecule has 0 aromatic rings. The molecule has 4 N–H and O–H groups in total. The second-order valence-corrected chi connectivity index (χ2v) is 18.2. The molecule has 4 amide bonds. The van der Waals surface area contributed by atoms with Crippen LogP contribution in [0.5, 0.6) is 0 Å². The molecule has 1 rings (SSSR count). The van der Waals surface area contributed by atoms with Gasteiger partial charge in [-0.3, -0.25) is 19.2 Å². The molecule has 1 heterocycles. The summed E-state index contributed by atoms with van der Waals surface area (Å²) in [6, 6.07) is -1.48. The van der Waals surface area contributed by atoms with Crippen LogP contribution in [0.15, 0.2) is 0 Å². The lowest BCUT2D eigenvalue weighted by Gasteiger charge is -2.36. The molecule has 1 aliphatic heterocycles. The van der Waals surface area contributed by atoms with Crippen molar-refractivity contribution in [1.29, 1.82) is 5.26 Å². The first kappa shape index (κ1) is 32.4. The van der Waals surface area contributed by atoms with Crippen molar-refractivity contribution in [1.82, 2.24) is 21.3 Å². The fourth-order valence-corrected chi connectivity index (χ4v) is 5.57. The van der Waals surface area contributed by atoms with Crippen molar-refractivity contribution in [2.24, 2.45) is 11.3 Å². The minimum absolute atomic E-state index is 0.0873. The maximum Gasteiger partial charge on any atom is 0.471 e. The normalized spacial score (nSPS) is 20.5. The van der Waals surface area contributed by atoms with Crippen LogP contribution in [-0.2, 0) is 19.2 Å². The number of nitrogens with zero attached hydrogens (tertiary/aromatic N) is 1. The van der Waals surface area contributed by atoms with E-state index in [9.17, 15) is 37.6 Å². The topological polar surface area (TPSA) is 140 Å². The molecule has 37 heavy (non-hydrogen) atoms. The Balaban J connectivity index is 3.06. The molecule has 13 heteroatoms. The zero-order valence-electron chi connectivity index (χ0n) is 22.9. The van der Waals surface area contributed by atoms with Gasteiger partial charge in [-0.2, -0.15) is 18.4 Å². The van der Waals surface area contributed by atoms with Crippen molar-refractivity contribution in [2.75, 3.05) is 0 Å². The predicted octanol–water partition coefficient (Wildman–Crippen LogP) is 2.61. The molecule has 0 spiro atoms. The van der Waals surface area contributed by atoms with E-state index in [2.05, 4.69) is 16.0 Å². The first-order valence-electron chi connectivity index (χ1n) is 12.3. The van der Waals surface area contributed by atoms with Crippen molar-refractivity contribution in [3.63, 3.8) is 0 Å². The fraction of sp³-hybridized carbons (Fsp3) is 0.792. The summed E-state index contributed by atoms with van der Waals surface area (Å²) in [5, 5.41) is 19.3. The fourth-order valence-electron chi connectivity index (χ4n) is 4.05. The van der Waals surface area contributed by atoms with Crippen LogP contribution in [0.1, 0.15) is 53.9 Å². The lowest BCUT2D eigenvalue weighted by Crippen LogP contribution is -2.60. The molecular weight excluding hydrogens is 507 g/mol. The molecule has 0 bridgehead atoms. The predicted molar refractivity (Wildman–Crippen MR) is 135 cm³/mol. The highest BCUT2D eigenvalue weighted by Gasteiger charge is 2.44. The van der Waals surface area contributed by atoms with Gasteiger partial charge in [0.05, 0.1) is 6.07 Å². The molecular formula is C24H40F3N5O4Si. The van der Waals surface area contributed by atoms with Gasteiger partial charge in [0, 0.05) is 19.5 Å². The van der Waals surface area contributed by atoms with Gasteiger partial charge in [-0.15, -0.1) is 0 Å². The van der Waals surface area contributed by atoms with E-state index in [4.69, 9.17) is 0 Å². The number of nitrogens with one attached hydrogen (secondary N) is 4. The summed E-state index contributed by atoms with van der Waals surface area (Å²) in [7, 11) is -2.01. The molecule has 0 unspecified atom stereocenters. The monoisotopic (exact) mass is 547 g/mol. The number of piperidine rings is 1. The number of hydrogen-bond donors (Lipinski definition) is 4. The Morgan fingerprint density at radius 1 is 1.11 bits per heavy atom. The van der Waals surface area contributed by atoms with E-state index in [1.807, 2.05) is 39.6 Å². The van der Waals surface area contributed by atoms with Crippen LogP contribution in [0.3, 0.4) is 0 Å². The van der Waals surface area contributed by atoms with Crippen LogP contribution < -0.4 is 21.3 Å². The van der Waals surface area contributed by atoms with Crippen molar-refractivity contribution in [3.8, 4) is 6.07 Å². The Morgan fingerprint density at radius 2 is 1.68 bits per heavy atom. The maximum absolute atomic E-state index is 13.2. The van der Waals surface area contributed by atoms with Crippen LogP contribution in [0, 0.1) is 22.7 Å². The molecule has 1 saturated heterocycles. The summed E-state index contributed by atoms with van der Waals surface area (Å²) in [6.45, 7) is 14.1. The lowest BCUT2D eigenvalue weighted by molar-refractivity contribution is -0.175. The van der Waals surface area contributed by atoms with E-state index >= 15 is 0 Å². The highest BCUT2D eigenvalue weighted by molar-refractivity contribution is 6.76. The van der Waals surface area contributed by atoms with Crippen LogP contribution in [0.2, 0.25) is 25.7 Å². The largest absolute Gasteiger partial charge is 0.471 e. The smallest absolute Gasteiger partial charge is 0.351 e. The van der Waals surface area contributed by atoms with Crippen LogP contribution in [0.4, 0.5) is 13.2 Å². The average molecular weight is 548 g/mol. The van der Waals surface area contributed by atoms with E-state index in [0.717, 1.165) is 0 Å². The van der Waals surface area contributed by atoms with Gasteiger partial charge < -0.3 is 21.3 Å². The summed E-state index contributed by atoms with van der Waals surface area (Å²) >= 11 is 0. The Hall–Kier alpha value is -2.62. The van der Waals surface area contributed by atoms with Crippen LogP contribution in [0.25, 0.3) is 0 Å². The van der Waals surface area contributed by atoms with Crippen molar-refractivity contribution < 1.29 is 32.3 Å². The van der Waals surface area contributed by atoms with Crippen molar-refractivity contribution in [3.05, 3.63) is 0 Å². The number of alkyl halides is 3. The van der Waals surface area contributed by atoms with E-state index in [1.165, 1.54) is 20.8 Å². The zero-order chi connectivity index (χ0) is 29.0. The number of halogens is 3. The summed E-state index contributed by atoms with van der Waals surface area (Å²) in [4.78, 5) is 50.2. The zero-order valence-corrected chi connectivity index (χ0v) is 23.9. The number of nitriles is 1. The van der Waals surface area contributed by atoms with Gasteiger partial charge in [0.2, 0.25) is 17.7 Å². The first-order chi connectivity index (χ1) is 16.6. The number of carbonyl (C=O) groups excluding carboxylic acids is 4. The quantitative estimate of drug-likeness (QED) is 0.329. The maximum atomic E-state index is 13.2. The molecule has 4 atom stereocenters. The van der Waals surface area contributed by atoms with E-state index < -0.39 is 61.4 Å². The van der Waals surface area contributed by atoms with Crippen molar-refractivity contribution >= 4 is 31.7 Å². The summed E-state index contributed by atoms with van der Waals surface area (Å²) < 4.78 is 38.6. The molecule has 210 valence electrons. The van der Waals surface area contributed by atoms with E-state index in [0.29, 0.717) is 12.8 Å². The van der Waals surface area contributed by atoms with Gasteiger partial charge in [-0.05, 0) is 44.6 Å². The Kier molecular flexibility index (Phi) is 10.4. The number of amides is 4. The molecule has 9 nitrogen and oxygen atoms in total. The van der Waals surface area contributed by atoms with E-state index in [1.54, 1.807) is 5.32 Å². The third kappa shape index (κ3) is 10.7. The van der Waals surface area contributed by atoms with Gasteiger partial charge in [-0.1, -0.05) is 40.4 Å². The average Bonchev–Trinajstić information content (AvgIpc) is 2.69. The third-order valence-electron chi connectivity index (χ3n) is 6.05. The molecule has 0 saturated carbocycles. The molecule has 0 aromatic carbocycles. The van der Waals surface area contributed by atoms with Crippen molar-refractivity contribution in [2.45, 2.75) is 109 Å². The molecule has 0 radical (unpaired) electrons. The van der Waals surface area contributed by atoms with Gasteiger partial charge >= 0.3 is 12.1 Å². The van der Waals surface area contributed by atoms with Gasteiger partial charge in [-0.25, -0.2) is 0 Å². The van der Waals surface area contributed by atoms with Gasteiger partial charge in [0.1, 0.15) is 18.1 Å². The first-order valence-corrected chi connectivity index (χ1v) is 16.0. The third-order valence-corrected chi connectivity index (χ3v) is 7.69. The second-order valence-electron chi connectivity index (χ2n) is 12.6. The van der Waals surface area contributed by atoms with Crippen LogP contribution in [-0.4, -0.2) is 61.5 Å². The minimum atomic E-state index is -5.18. The SMILES string of the molecule is CC1(C)CC[C@@H](C[C@@H](C#N)NC(=O)[C@H](C[Si](C)(C)C)NC(=O)[C@@H](NC(=O)C(F)(F)F)C(C)(C)C)C(=O)N1. The highest BCUT2D eigenvalue weighted by atomic mass is 28.3. The minimum Gasteiger partial charge on any atom is -0.351 e. The second kappa shape index (κ2) is 11.8. The molecule has 1 fully saturated rings. The van der Waals surface area contributed by atoms with E-state index in [-0.39, 0.29) is 23.9 Å². The molecule has 0 aromatic heterocycles. The standard InChI is InChI=1S/C24H40F3N5O4Si/c1-22(2,3)17(31-21(36)24(25,26)27)20(35)30-16(13-37(6,7)8)19(34)29-15(12-28)11-14-9-10-23(4,5)32-18(14)33/h14-17H,9-11,13H2,1-8H3,(H,29,34)(H,30,35)(H,31,36)(H,32,33)/t14-,15-,16-,17+/m0/s1. The summed E-state index contributed by atoms with van der Waals surface area (Å²) in [6.07, 6.45) is -3.83. The Bertz CT molecular complexity index is 919. The van der Waals surface area contributed by atoms with Gasteiger partial charge in [0.25, 0.3) is 0 Å². The number of carbonyl (C=O) groups is 4. The number of hydrogen-bond acceptors (Lipinski definition) is 5. The van der Waals surface area contributed by atoms with Gasteiger partial charge in [0.15, 0.2) is 0 Å². The Labute approximate surface area is 217 Å². The highest BCUT2D eigenvalue weighted by Crippen LogP contribution is 2.26. The molecule has 0 aliphatic carbocycles. The van der Waals surface area contributed by atoms with Crippen LogP contribution >= 0.6 is 0 Å². The molecule has 1 aliphatic rings. The Morgan fingerprint density at radius 3 is 2.11 bits per heavy atom. The summed E-state index contributed by atoms with van der Waals surface area (Å²) in [5.41, 5.74) is -1.45.